The molecule has 1 saturated heterocycles. The highest BCUT2D eigenvalue weighted by Gasteiger charge is 2.19. The highest BCUT2D eigenvalue weighted by Crippen LogP contribution is 2.21. The second-order valence-electron chi connectivity index (χ2n) is 5.75. The van der Waals surface area contributed by atoms with Crippen LogP contribution >= 0.6 is 0 Å². The first kappa shape index (κ1) is 13.8. The van der Waals surface area contributed by atoms with E-state index in [2.05, 4.69) is 25.2 Å². The van der Waals surface area contributed by atoms with Crippen molar-refractivity contribution in [2.75, 3.05) is 30.4 Å². The first-order chi connectivity index (χ1) is 8.98. The molecule has 1 aliphatic heterocycles. The number of nitrogens with one attached hydrogen (secondary N) is 1. The Hall–Kier alpha value is -1.59. The van der Waals surface area contributed by atoms with Crippen molar-refractivity contribution in [2.24, 2.45) is 0 Å². The molecule has 0 spiro atoms. The van der Waals surface area contributed by atoms with E-state index in [1.54, 1.807) is 7.05 Å². The van der Waals surface area contributed by atoms with Crippen molar-refractivity contribution in [1.29, 1.82) is 0 Å². The molecule has 0 aliphatic carbocycles. The first-order valence-corrected chi connectivity index (χ1v) is 6.86. The van der Waals surface area contributed by atoms with Gasteiger partial charge in [-0.3, -0.25) is 0 Å². The smallest absolute Gasteiger partial charge is 0.323 e. The minimum absolute atomic E-state index is 0.314. The lowest BCUT2D eigenvalue weighted by molar-refractivity contribution is 0.117. The molecule has 0 saturated carbocycles. The molecule has 1 aromatic rings. The predicted octanol–water partition coefficient (Wildman–Crippen LogP) is 2.08. The van der Waals surface area contributed by atoms with Crippen molar-refractivity contribution in [1.82, 2.24) is 15.0 Å². The van der Waals surface area contributed by atoms with E-state index in [0.29, 0.717) is 17.9 Å². The van der Waals surface area contributed by atoms with Crippen LogP contribution in [0.15, 0.2) is 0 Å². The van der Waals surface area contributed by atoms with Crippen molar-refractivity contribution in [3.63, 3.8) is 0 Å². The Morgan fingerprint density at radius 2 is 1.74 bits per heavy atom. The first-order valence-electron chi connectivity index (χ1n) is 6.86. The molecule has 19 heavy (non-hydrogen) atoms. The molecule has 0 unspecified atom stereocenters. The molecule has 0 amide bonds. The summed E-state index contributed by atoms with van der Waals surface area (Å²) in [4.78, 5) is 15.3. The average Bonchev–Trinajstić information content (AvgIpc) is 2.37. The Kier molecular flexibility index (Phi) is 4.07. The van der Waals surface area contributed by atoms with Crippen LogP contribution < -0.4 is 15.0 Å². The van der Waals surface area contributed by atoms with Gasteiger partial charge >= 0.3 is 6.01 Å². The fourth-order valence-electron chi connectivity index (χ4n) is 2.01. The van der Waals surface area contributed by atoms with E-state index in [-0.39, 0.29) is 5.60 Å². The van der Waals surface area contributed by atoms with Gasteiger partial charge in [-0.1, -0.05) is 0 Å². The lowest BCUT2D eigenvalue weighted by Gasteiger charge is -2.27. The van der Waals surface area contributed by atoms with Crippen LogP contribution in [0.25, 0.3) is 0 Å². The van der Waals surface area contributed by atoms with Crippen LogP contribution in [0, 0.1) is 0 Å². The number of hydrogen-bond acceptors (Lipinski definition) is 6. The third kappa shape index (κ3) is 3.94. The van der Waals surface area contributed by atoms with Crippen LogP contribution in [0.4, 0.5) is 11.9 Å². The second-order valence-corrected chi connectivity index (χ2v) is 5.75. The Labute approximate surface area is 114 Å². The summed E-state index contributed by atoms with van der Waals surface area (Å²) in [5, 5.41) is 2.96. The van der Waals surface area contributed by atoms with Gasteiger partial charge in [0.2, 0.25) is 11.9 Å². The molecule has 1 N–H and O–H groups in total. The van der Waals surface area contributed by atoms with Crippen molar-refractivity contribution >= 4 is 11.9 Å². The van der Waals surface area contributed by atoms with Gasteiger partial charge in [0.15, 0.2) is 0 Å². The summed E-state index contributed by atoms with van der Waals surface area (Å²) < 4.78 is 5.75. The summed E-state index contributed by atoms with van der Waals surface area (Å²) in [6, 6.07) is 0.382. The van der Waals surface area contributed by atoms with Gasteiger partial charge < -0.3 is 15.0 Å². The largest absolute Gasteiger partial charge is 0.458 e. The number of rotatable bonds is 3. The Morgan fingerprint density at radius 3 is 2.32 bits per heavy atom. The van der Waals surface area contributed by atoms with Crippen LogP contribution in [-0.2, 0) is 0 Å². The van der Waals surface area contributed by atoms with E-state index >= 15 is 0 Å². The van der Waals surface area contributed by atoms with Crippen LogP contribution in [-0.4, -0.2) is 40.7 Å². The quantitative estimate of drug-likeness (QED) is 0.902. The molecule has 6 nitrogen and oxygen atoms in total. The third-order valence-corrected chi connectivity index (χ3v) is 2.86. The number of anilines is 2. The molecule has 2 heterocycles. The highest BCUT2D eigenvalue weighted by atomic mass is 16.5. The van der Waals surface area contributed by atoms with Gasteiger partial charge in [-0.05, 0) is 40.0 Å². The maximum atomic E-state index is 5.75. The van der Waals surface area contributed by atoms with Gasteiger partial charge in [0.25, 0.3) is 0 Å². The van der Waals surface area contributed by atoms with Gasteiger partial charge in [-0.2, -0.15) is 15.0 Å². The summed E-state index contributed by atoms with van der Waals surface area (Å²) in [7, 11) is 1.80. The van der Waals surface area contributed by atoms with Crippen LogP contribution in [0.3, 0.4) is 0 Å². The van der Waals surface area contributed by atoms with Crippen LogP contribution in [0.2, 0.25) is 0 Å². The standard InChI is InChI=1S/C13H23N5O/c1-13(2,3)19-12-16-10(14-4)15-11(17-12)18-8-6-5-7-9-18/h5-9H2,1-4H3,(H,14,15,16,17). The predicted molar refractivity (Wildman–Crippen MR) is 75.8 cm³/mol. The molecule has 2 rings (SSSR count). The zero-order chi connectivity index (χ0) is 13.9. The van der Waals surface area contributed by atoms with Crippen molar-refractivity contribution in [3.8, 4) is 6.01 Å². The minimum Gasteiger partial charge on any atom is -0.458 e. The molecule has 0 bridgehead atoms. The molecular formula is C13H23N5O. The van der Waals surface area contributed by atoms with E-state index in [1.165, 1.54) is 19.3 Å². The highest BCUT2D eigenvalue weighted by molar-refractivity contribution is 5.38. The molecule has 1 fully saturated rings. The Balaban J connectivity index is 2.24. The monoisotopic (exact) mass is 265 g/mol. The lowest BCUT2D eigenvalue weighted by atomic mass is 10.1. The summed E-state index contributed by atoms with van der Waals surface area (Å²) in [5.41, 5.74) is -0.314. The fourth-order valence-corrected chi connectivity index (χ4v) is 2.01. The second kappa shape index (κ2) is 5.59. The van der Waals surface area contributed by atoms with Crippen molar-refractivity contribution in [2.45, 2.75) is 45.6 Å². The Morgan fingerprint density at radius 1 is 1.05 bits per heavy atom. The lowest BCUT2D eigenvalue weighted by Crippen LogP contribution is -2.32. The number of ether oxygens (including phenoxy) is 1. The topological polar surface area (TPSA) is 63.2 Å². The van der Waals surface area contributed by atoms with E-state index < -0.39 is 0 Å². The van der Waals surface area contributed by atoms with Gasteiger partial charge in [0.1, 0.15) is 5.60 Å². The molecule has 0 aromatic carbocycles. The fraction of sp³-hybridized carbons (Fsp3) is 0.769. The zero-order valence-electron chi connectivity index (χ0n) is 12.2. The molecule has 106 valence electrons. The molecule has 1 aromatic heterocycles. The van der Waals surface area contributed by atoms with Crippen LogP contribution in [0.5, 0.6) is 6.01 Å². The molecule has 1 aliphatic rings. The third-order valence-electron chi connectivity index (χ3n) is 2.86. The van der Waals surface area contributed by atoms with Gasteiger partial charge in [0, 0.05) is 20.1 Å². The maximum Gasteiger partial charge on any atom is 0.323 e. The summed E-state index contributed by atoms with van der Waals surface area (Å²) in [6.45, 7) is 7.95. The maximum absolute atomic E-state index is 5.75. The summed E-state index contributed by atoms with van der Waals surface area (Å²) >= 11 is 0. The molecule has 0 atom stereocenters. The van der Waals surface area contributed by atoms with E-state index in [0.717, 1.165) is 13.1 Å². The number of aromatic nitrogens is 3. The van der Waals surface area contributed by atoms with Gasteiger partial charge in [0.05, 0.1) is 0 Å². The van der Waals surface area contributed by atoms with Gasteiger partial charge in [-0.15, -0.1) is 0 Å². The van der Waals surface area contributed by atoms with E-state index in [4.69, 9.17) is 4.74 Å². The molecular weight excluding hydrogens is 242 g/mol. The number of piperidine rings is 1. The van der Waals surface area contributed by atoms with Crippen LogP contribution in [0.1, 0.15) is 40.0 Å². The summed E-state index contributed by atoms with van der Waals surface area (Å²) in [6.07, 6.45) is 3.66. The van der Waals surface area contributed by atoms with E-state index in [9.17, 15) is 0 Å². The average molecular weight is 265 g/mol. The van der Waals surface area contributed by atoms with E-state index in [1.807, 2.05) is 20.8 Å². The summed E-state index contributed by atoms with van der Waals surface area (Å²) in [5.74, 6) is 1.26. The number of nitrogens with zero attached hydrogens (tertiary/aromatic N) is 4. The van der Waals surface area contributed by atoms with Gasteiger partial charge in [-0.25, -0.2) is 0 Å². The molecule has 0 radical (unpaired) electrons. The molecule has 6 heteroatoms. The zero-order valence-corrected chi connectivity index (χ0v) is 12.2. The minimum atomic E-state index is -0.314. The Bertz CT molecular complexity index is 424. The van der Waals surface area contributed by atoms with Crippen molar-refractivity contribution < 1.29 is 4.74 Å². The van der Waals surface area contributed by atoms with Crippen molar-refractivity contribution in [3.05, 3.63) is 0 Å². The normalized spacial score (nSPS) is 16.3. The number of hydrogen-bond donors (Lipinski definition) is 1. The SMILES string of the molecule is CNc1nc(OC(C)(C)C)nc(N2CCCCC2)n1.